The highest BCUT2D eigenvalue weighted by Crippen LogP contribution is 2.37. The van der Waals surface area contributed by atoms with Crippen LogP contribution in [0.25, 0.3) is 0 Å². The maximum atomic E-state index is 3.28. The summed E-state index contributed by atoms with van der Waals surface area (Å²) >= 11 is 0. The van der Waals surface area contributed by atoms with E-state index in [-0.39, 0.29) is 0 Å². The Morgan fingerprint density at radius 3 is 3.00 bits per heavy atom. The molecule has 3 aliphatic rings. The number of likely N-dealkylation sites (N-methyl/N-ethyl adjacent to an activating group) is 1. The first-order valence-electron chi connectivity index (χ1n) is 7.48. The molecule has 3 aliphatic heterocycles. The Hall–Kier alpha value is -0.120. The molecule has 0 aliphatic carbocycles. The molecule has 3 saturated heterocycles. The van der Waals surface area contributed by atoms with Crippen LogP contribution < -0.4 is 5.32 Å². The molecule has 3 heterocycles. The smallest absolute Gasteiger partial charge is 0.0136 e. The molecule has 17 heavy (non-hydrogen) atoms. The summed E-state index contributed by atoms with van der Waals surface area (Å²) in [7, 11) is 2.06. The van der Waals surface area contributed by atoms with Crippen molar-refractivity contribution in [3.8, 4) is 0 Å². The average Bonchev–Trinajstić information content (AvgIpc) is 2.36. The van der Waals surface area contributed by atoms with Gasteiger partial charge in [-0.3, -0.25) is 4.90 Å². The van der Waals surface area contributed by atoms with E-state index in [1.54, 1.807) is 0 Å². The second-order valence-corrected chi connectivity index (χ2v) is 6.28. The molecule has 3 fully saturated rings. The molecule has 0 aromatic carbocycles. The summed E-state index contributed by atoms with van der Waals surface area (Å²) in [5.74, 6) is 1.93. The van der Waals surface area contributed by atoms with Gasteiger partial charge in [0.25, 0.3) is 0 Å². The van der Waals surface area contributed by atoms with Crippen molar-refractivity contribution >= 4 is 0 Å². The Kier molecular flexibility index (Phi) is 3.69. The van der Waals surface area contributed by atoms with Crippen molar-refractivity contribution in [1.82, 2.24) is 15.1 Å². The molecule has 3 atom stereocenters. The molecule has 98 valence electrons. The number of nitrogens with one attached hydrogen (secondary N) is 1. The van der Waals surface area contributed by atoms with Gasteiger partial charge in [-0.25, -0.2) is 0 Å². The van der Waals surface area contributed by atoms with Gasteiger partial charge >= 0.3 is 0 Å². The highest BCUT2D eigenvalue weighted by atomic mass is 15.2. The van der Waals surface area contributed by atoms with Gasteiger partial charge in [0.15, 0.2) is 0 Å². The second-order valence-electron chi connectivity index (χ2n) is 6.28. The van der Waals surface area contributed by atoms with Crippen LogP contribution in [0.3, 0.4) is 0 Å². The highest BCUT2D eigenvalue weighted by molar-refractivity contribution is 4.95. The van der Waals surface area contributed by atoms with Crippen LogP contribution in [0.2, 0.25) is 0 Å². The van der Waals surface area contributed by atoms with Crippen LogP contribution in [0, 0.1) is 11.8 Å². The van der Waals surface area contributed by atoms with Gasteiger partial charge in [0, 0.05) is 38.8 Å². The summed E-state index contributed by atoms with van der Waals surface area (Å²) in [5, 5.41) is 3.28. The topological polar surface area (TPSA) is 18.5 Å². The standard InChI is InChI=1S/C14H27N3/c1-15-5-7-16-9-12-8-13(11-16)14-4-2-3-6-17(14)10-12/h12-15H,2-11H2,1H3/t12-,13-,14-/m0/s1. The van der Waals surface area contributed by atoms with E-state index in [1.165, 1.54) is 58.4 Å². The van der Waals surface area contributed by atoms with E-state index in [4.69, 9.17) is 0 Å². The second kappa shape index (κ2) is 5.25. The Bertz CT molecular complexity index is 256. The third-order valence-electron chi connectivity index (χ3n) is 5.02. The number of likely N-dealkylation sites (tertiary alicyclic amines) is 1. The van der Waals surface area contributed by atoms with Crippen molar-refractivity contribution in [3.63, 3.8) is 0 Å². The van der Waals surface area contributed by atoms with Gasteiger partial charge in [0.05, 0.1) is 0 Å². The van der Waals surface area contributed by atoms with Crippen molar-refractivity contribution in [2.45, 2.75) is 31.7 Å². The third-order valence-corrected chi connectivity index (χ3v) is 5.02. The maximum Gasteiger partial charge on any atom is 0.0136 e. The lowest BCUT2D eigenvalue weighted by Gasteiger charge is -2.52. The number of fused-ring (bicyclic) bond motifs is 4. The summed E-state index contributed by atoms with van der Waals surface area (Å²) in [4.78, 5) is 5.53. The molecule has 2 bridgehead atoms. The number of piperidine rings is 3. The van der Waals surface area contributed by atoms with E-state index >= 15 is 0 Å². The largest absolute Gasteiger partial charge is 0.318 e. The van der Waals surface area contributed by atoms with Gasteiger partial charge in [0.2, 0.25) is 0 Å². The lowest BCUT2D eigenvalue weighted by atomic mass is 9.76. The third kappa shape index (κ3) is 2.51. The van der Waals surface area contributed by atoms with E-state index in [0.717, 1.165) is 24.4 Å². The summed E-state index contributed by atoms with van der Waals surface area (Å²) in [6.45, 7) is 7.87. The first-order valence-corrected chi connectivity index (χ1v) is 7.48. The van der Waals surface area contributed by atoms with Gasteiger partial charge in [-0.1, -0.05) is 6.42 Å². The lowest BCUT2D eigenvalue weighted by molar-refractivity contribution is -0.0296. The summed E-state index contributed by atoms with van der Waals surface area (Å²) in [6.07, 6.45) is 5.90. The molecule has 3 heteroatoms. The van der Waals surface area contributed by atoms with Crippen LogP contribution in [-0.4, -0.2) is 62.2 Å². The van der Waals surface area contributed by atoms with Crippen LogP contribution in [0.1, 0.15) is 25.7 Å². The van der Waals surface area contributed by atoms with Gasteiger partial charge in [-0.05, 0) is 44.7 Å². The molecular formula is C14H27N3. The highest BCUT2D eigenvalue weighted by Gasteiger charge is 2.41. The number of rotatable bonds is 3. The normalized spacial score (nSPS) is 39.0. The van der Waals surface area contributed by atoms with Crippen molar-refractivity contribution in [1.29, 1.82) is 0 Å². The quantitative estimate of drug-likeness (QED) is 0.790. The first kappa shape index (κ1) is 11.9. The van der Waals surface area contributed by atoms with Crippen molar-refractivity contribution in [3.05, 3.63) is 0 Å². The molecule has 0 aromatic rings. The Balaban J connectivity index is 1.62. The van der Waals surface area contributed by atoms with Crippen LogP contribution in [-0.2, 0) is 0 Å². The number of hydrogen-bond donors (Lipinski definition) is 1. The van der Waals surface area contributed by atoms with E-state index < -0.39 is 0 Å². The fourth-order valence-corrected chi connectivity index (χ4v) is 4.32. The monoisotopic (exact) mass is 237 g/mol. The SMILES string of the molecule is CNCCN1C[C@@H]2C[C@@H](C1)[C@@H]1CCCCN1C2. The fourth-order valence-electron chi connectivity index (χ4n) is 4.32. The van der Waals surface area contributed by atoms with Crippen LogP contribution in [0.15, 0.2) is 0 Å². The van der Waals surface area contributed by atoms with E-state index in [0.29, 0.717) is 0 Å². The molecule has 0 unspecified atom stereocenters. The maximum absolute atomic E-state index is 3.28. The van der Waals surface area contributed by atoms with Gasteiger partial charge in [-0.2, -0.15) is 0 Å². The number of hydrogen-bond acceptors (Lipinski definition) is 3. The van der Waals surface area contributed by atoms with Crippen molar-refractivity contribution in [2.75, 3.05) is 46.3 Å². The summed E-state index contributed by atoms with van der Waals surface area (Å²) in [5.41, 5.74) is 0. The zero-order valence-corrected chi connectivity index (χ0v) is 11.2. The minimum atomic E-state index is 0.928. The van der Waals surface area contributed by atoms with Crippen LogP contribution >= 0.6 is 0 Å². The van der Waals surface area contributed by atoms with Crippen molar-refractivity contribution < 1.29 is 0 Å². The van der Waals surface area contributed by atoms with E-state index in [9.17, 15) is 0 Å². The minimum Gasteiger partial charge on any atom is -0.318 e. The lowest BCUT2D eigenvalue weighted by Crippen LogP contribution is -2.59. The van der Waals surface area contributed by atoms with Crippen LogP contribution in [0.5, 0.6) is 0 Å². The molecular weight excluding hydrogens is 210 g/mol. The molecule has 1 N–H and O–H groups in total. The molecule has 3 rings (SSSR count). The van der Waals surface area contributed by atoms with E-state index in [2.05, 4.69) is 22.2 Å². The van der Waals surface area contributed by atoms with Gasteiger partial charge in [-0.15, -0.1) is 0 Å². The predicted octanol–water partition coefficient (Wildman–Crippen LogP) is 1.01. The first-order chi connectivity index (χ1) is 8.36. The minimum absolute atomic E-state index is 0.928. The molecule has 0 spiro atoms. The molecule has 3 nitrogen and oxygen atoms in total. The average molecular weight is 237 g/mol. The summed E-state index contributed by atoms with van der Waals surface area (Å²) < 4.78 is 0. The molecule has 0 amide bonds. The number of nitrogens with zero attached hydrogens (tertiary/aromatic N) is 2. The predicted molar refractivity (Wildman–Crippen MR) is 71.2 cm³/mol. The Morgan fingerprint density at radius 1 is 1.18 bits per heavy atom. The summed E-state index contributed by atoms with van der Waals surface area (Å²) in [6, 6.07) is 0.928. The van der Waals surface area contributed by atoms with Crippen LogP contribution in [0.4, 0.5) is 0 Å². The van der Waals surface area contributed by atoms with E-state index in [1.807, 2.05) is 0 Å². The molecule has 0 saturated carbocycles. The molecule has 0 aromatic heterocycles. The van der Waals surface area contributed by atoms with Gasteiger partial charge < -0.3 is 10.2 Å². The van der Waals surface area contributed by atoms with Gasteiger partial charge in [0.1, 0.15) is 0 Å². The zero-order chi connectivity index (χ0) is 11.7. The Morgan fingerprint density at radius 2 is 2.12 bits per heavy atom. The van der Waals surface area contributed by atoms with Crippen molar-refractivity contribution in [2.24, 2.45) is 11.8 Å². The zero-order valence-electron chi connectivity index (χ0n) is 11.2. The molecule has 0 radical (unpaired) electrons. The Labute approximate surface area is 106 Å². The fraction of sp³-hybridized carbons (Fsp3) is 1.00.